The van der Waals surface area contributed by atoms with Crippen molar-refractivity contribution in [2.45, 2.75) is 6.92 Å². The molecule has 2 amide bonds. The summed E-state index contributed by atoms with van der Waals surface area (Å²) in [5.41, 5.74) is -0.120. The molecule has 0 unspecified atom stereocenters. The number of likely N-dealkylation sites (N-methyl/N-ethyl adjacent to an activating group) is 1. The maximum atomic E-state index is 11.4. The number of amides is 2. The molecule has 0 radical (unpaired) electrons. The van der Waals surface area contributed by atoms with E-state index in [1.807, 2.05) is 0 Å². The Balaban J connectivity index is 2.39. The molecule has 0 aliphatic rings. The van der Waals surface area contributed by atoms with Gasteiger partial charge in [0.15, 0.2) is 6.61 Å². The first-order valence-corrected chi connectivity index (χ1v) is 5.93. The lowest BCUT2D eigenvalue weighted by atomic mass is 10.3. The summed E-state index contributed by atoms with van der Waals surface area (Å²) < 4.78 is 5.10. The first-order chi connectivity index (χ1) is 9.52. The molecular formula is C12H15N3O5. The molecular weight excluding hydrogens is 266 g/mol. The molecule has 108 valence electrons. The minimum absolute atomic E-state index is 0.120. The molecule has 0 saturated heterocycles. The number of hydrogen-bond donors (Lipinski definition) is 2. The summed E-state index contributed by atoms with van der Waals surface area (Å²) in [7, 11) is 0. The van der Waals surface area contributed by atoms with Crippen molar-refractivity contribution in [1.82, 2.24) is 10.6 Å². The standard InChI is InChI=1S/C12H15N3O5/c1-2-13-11(16)7-14-12(17)8-20-10-5-3-4-9(6-10)15(18)19/h3-6H,2,7-8H2,1H3,(H,13,16)(H,14,17). The SMILES string of the molecule is CCNC(=O)CNC(=O)COc1cccc([N+](=O)[O-])c1. The fraction of sp³-hybridized carbons (Fsp3) is 0.333. The Morgan fingerprint density at radius 3 is 2.70 bits per heavy atom. The lowest BCUT2D eigenvalue weighted by molar-refractivity contribution is -0.384. The molecule has 1 rings (SSSR count). The fourth-order valence-corrected chi connectivity index (χ4v) is 1.33. The number of ether oxygens (including phenoxy) is 1. The van der Waals surface area contributed by atoms with Crippen LogP contribution in [0, 0.1) is 10.1 Å². The van der Waals surface area contributed by atoms with Gasteiger partial charge < -0.3 is 15.4 Å². The number of nitrogens with one attached hydrogen (secondary N) is 2. The quantitative estimate of drug-likeness (QED) is 0.549. The predicted molar refractivity (Wildman–Crippen MR) is 70.3 cm³/mol. The van der Waals surface area contributed by atoms with E-state index >= 15 is 0 Å². The number of hydrogen-bond acceptors (Lipinski definition) is 5. The van der Waals surface area contributed by atoms with E-state index in [-0.39, 0.29) is 30.5 Å². The summed E-state index contributed by atoms with van der Waals surface area (Å²) in [5.74, 6) is -0.564. The third kappa shape index (κ3) is 5.34. The molecule has 0 bridgehead atoms. The number of carbonyl (C=O) groups is 2. The van der Waals surface area contributed by atoms with Gasteiger partial charge in [-0.05, 0) is 13.0 Å². The van der Waals surface area contributed by atoms with E-state index in [0.29, 0.717) is 6.54 Å². The van der Waals surface area contributed by atoms with Gasteiger partial charge in [0.2, 0.25) is 5.91 Å². The lowest BCUT2D eigenvalue weighted by Crippen LogP contribution is -2.38. The molecule has 0 heterocycles. The zero-order chi connectivity index (χ0) is 15.0. The average Bonchev–Trinajstić information content (AvgIpc) is 2.43. The smallest absolute Gasteiger partial charge is 0.273 e. The van der Waals surface area contributed by atoms with Crippen molar-refractivity contribution < 1.29 is 19.2 Å². The number of nitro groups is 1. The normalized spacial score (nSPS) is 9.65. The topological polar surface area (TPSA) is 111 Å². The van der Waals surface area contributed by atoms with Gasteiger partial charge in [-0.3, -0.25) is 19.7 Å². The number of nitrogens with zero attached hydrogens (tertiary/aromatic N) is 1. The van der Waals surface area contributed by atoms with E-state index in [0.717, 1.165) is 0 Å². The molecule has 20 heavy (non-hydrogen) atoms. The molecule has 1 aromatic rings. The van der Waals surface area contributed by atoms with Gasteiger partial charge in [-0.15, -0.1) is 0 Å². The largest absolute Gasteiger partial charge is 0.484 e. The predicted octanol–water partition coefficient (Wildman–Crippen LogP) is 0.226. The zero-order valence-electron chi connectivity index (χ0n) is 10.9. The van der Waals surface area contributed by atoms with Gasteiger partial charge in [0.05, 0.1) is 17.5 Å². The number of rotatable bonds is 7. The lowest BCUT2D eigenvalue weighted by Gasteiger charge is -2.07. The van der Waals surface area contributed by atoms with Gasteiger partial charge in [0.25, 0.3) is 11.6 Å². The Kier molecular flexibility index (Phi) is 5.95. The molecule has 2 N–H and O–H groups in total. The van der Waals surface area contributed by atoms with E-state index in [4.69, 9.17) is 4.74 Å². The minimum atomic E-state index is -0.554. The van der Waals surface area contributed by atoms with E-state index in [1.54, 1.807) is 6.92 Å². The van der Waals surface area contributed by atoms with Crippen molar-refractivity contribution in [3.8, 4) is 5.75 Å². The summed E-state index contributed by atoms with van der Waals surface area (Å²) in [6.07, 6.45) is 0. The number of nitro benzene ring substituents is 1. The molecule has 0 aliphatic carbocycles. The van der Waals surface area contributed by atoms with Gasteiger partial charge >= 0.3 is 0 Å². The molecule has 0 fully saturated rings. The van der Waals surface area contributed by atoms with Crippen LogP contribution in [0.3, 0.4) is 0 Å². The monoisotopic (exact) mass is 281 g/mol. The second-order valence-electron chi connectivity index (χ2n) is 3.77. The van der Waals surface area contributed by atoms with Crippen LogP contribution in [0.2, 0.25) is 0 Å². The molecule has 0 spiro atoms. The van der Waals surface area contributed by atoms with Crippen LogP contribution in [0.1, 0.15) is 6.92 Å². The first-order valence-electron chi connectivity index (χ1n) is 5.93. The maximum absolute atomic E-state index is 11.4. The molecule has 0 atom stereocenters. The Morgan fingerprint density at radius 1 is 1.30 bits per heavy atom. The van der Waals surface area contributed by atoms with Crippen molar-refractivity contribution in [1.29, 1.82) is 0 Å². The summed E-state index contributed by atoms with van der Waals surface area (Å²) in [6, 6.07) is 5.50. The highest BCUT2D eigenvalue weighted by Crippen LogP contribution is 2.18. The van der Waals surface area contributed by atoms with Crippen LogP contribution < -0.4 is 15.4 Å². The van der Waals surface area contributed by atoms with E-state index < -0.39 is 10.8 Å². The molecule has 0 aliphatic heterocycles. The zero-order valence-corrected chi connectivity index (χ0v) is 10.9. The van der Waals surface area contributed by atoms with Crippen molar-refractivity contribution in [2.24, 2.45) is 0 Å². The average molecular weight is 281 g/mol. The third-order valence-corrected chi connectivity index (χ3v) is 2.22. The molecule has 8 nitrogen and oxygen atoms in total. The number of benzene rings is 1. The van der Waals surface area contributed by atoms with E-state index in [1.165, 1.54) is 24.3 Å². The van der Waals surface area contributed by atoms with Crippen LogP contribution in [0.25, 0.3) is 0 Å². The summed E-state index contributed by atoms with van der Waals surface area (Å²) in [4.78, 5) is 32.5. The Labute approximate surface area is 115 Å². The van der Waals surface area contributed by atoms with Gasteiger partial charge in [-0.2, -0.15) is 0 Å². The van der Waals surface area contributed by atoms with Crippen molar-refractivity contribution >= 4 is 17.5 Å². The highest BCUT2D eigenvalue weighted by Gasteiger charge is 2.09. The van der Waals surface area contributed by atoms with Gasteiger partial charge in [-0.25, -0.2) is 0 Å². The van der Waals surface area contributed by atoms with Crippen LogP contribution in [0.5, 0.6) is 5.75 Å². The van der Waals surface area contributed by atoms with Crippen LogP contribution in [0.4, 0.5) is 5.69 Å². The molecule has 8 heteroatoms. The maximum Gasteiger partial charge on any atom is 0.273 e. The highest BCUT2D eigenvalue weighted by atomic mass is 16.6. The van der Waals surface area contributed by atoms with Crippen LogP contribution in [-0.2, 0) is 9.59 Å². The third-order valence-electron chi connectivity index (χ3n) is 2.22. The first kappa shape index (κ1) is 15.4. The Hall–Kier alpha value is -2.64. The Bertz CT molecular complexity index is 504. The Morgan fingerprint density at radius 2 is 2.05 bits per heavy atom. The summed E-state index contributed by atoms with van der Waals surface area (Å²) in [5, 5.41) is 15.4. The summed E-state index contributed by atoms with van der Waals surface area (Å²) >= 11 is 0. The second-order valence-corrected chi connectivity index (χ2v) is 3.77. The van der Waals surface area contributed by atoms with E-state index in [2.05, 4.69) is 10.6 Å². The van der Waals surface area contributed by atoms with Crippen LogP contribution >= 0.6 is 0 Å². The summed E-state index contributed by atoms with van der Waals surface area (Å²) in [6.45, 7) is 1.80. The van der Waals surface area contributed by atoms with Crippen molar-refractivity contribution in [2.75, 3.05) is 19.7 Å². The van der Waals surface area contributed by atoms with Crippen molar-refractivity contribution in [3.05, 3.63) is 34.4 Å². The minimum Gasteiger partial charge on any atom is -0.484 e. The van der Waals surface area contributed by atoms with E-state index in [9.17, 15) is 19.7 Å². The highest BCUT2D eigenvalue weighted by molar-refractivity contribution is 5.85. The second kappa shape index (κ2) is 7.72. The van der Waals surface area contributed by atoms with Crippen LogP contribution in [-0.4, -0.2) is 36.4 Å². The van der Waals surface area contributed by atoms with Gasteiger partial charge in [0, 0.05) is 12.6 Å². The number of carbonyl (C=O) groups excluding carboxylic acids is 2. The molecule has 0 saturated carbocycles. The fourth-order valence-electron chi connectivity index (χ4n) is 1.33. The molecule has 1 aromatic carbocycles. The van der Waals surface area contributed by atoms with Crippen LogP contribution in [0.15, 0.2) is 24.3 Å². The van der Waals surface area contributed by atoms with Crippen molar-refractivity contribution in [3.63, 3.8) is 0 Å². The number of non-ortho nitro benzene ring substituents is 1. The molecule has 0 aromatic heterocycles. The van der Waals surface area contributed by atoms with Gasteiger partial charge in [0.1, 0.15) is 5.75 Å². The van der Waals surface area contributed by atoms with Gasteiger partial charge in [-0.1, -0.05) is 6.07 Å².